The van der Waals surface area contributed by atoms with Gasteiger partial charge in [0.05, 0.1) is 12.9 Å². The minimum Gasteiger partial charge on any atom is -0.508 e. The first-order valence-corrected chi connectivity index (χ1v) is 4.07. The molecule has 7 heteroatoms. The maximum absolute atomic E-state index is 12.4. The van der Waals surface area contributed by atoms with E-state index >= 15 is 0 Å². The second-order valence-corrected chi connectivity index (χ2v) is 2.73. The monoisotopic (exact) mass is 237 g/mol. The van der Waals surface area contributed by atoms with E-state index in [1.807, 2.05) is 0 Å². The summed E-state index contributed by atoms with van der Waals surface area (Å²) in [5, 5.41) is 11.7. The van der Waals surface area contributed by atoms with E-state index in [4.69, 9.17) is 5.11 Å². The molecule has 15 heavy (non-hydrogen) atoms. The molecule has 1 aromatic carbocycles. The lowest BCUT2D eigenvalue weighted by molar-refractivity contribution is -0.0595. The zero-order valence-electron chi connectivity index (χ0n) is 7.19. The van der Waals surface area contributed by atoms with Crippen molar-refractivity contribution in [3.8, 4) is 5.75 Å². The summed E-state index contributed by atoms with van der Waals surface area (Å²) < 4.78 is 41.0. The molecule has 0 spiro atoms. The van der Waals surface area contributed by atoms with Gasteiger partial charge in [-0.05, 0) is 24.3 Å². The van der Waals surface area contributed by atoms with E-state index in [0.717, 1.165) is 24.3 Å². The van der Waals surface area contributed by atoms with Crippen LogP contribution in [0.25, 0.3) is 0 Å². The third-order valence-electron chi connectivity index (χ3n) is 1.54. The van der Waals surface area contributed by atoms with Crippen LogP contribution in [0.1, 0.15) is 5.56 Å². The van der Waals surface area contributed by atoms with E-state index in [1.165, 1.54) is 0 Å². The summed E-state index contributed by atoms with van der Waals surface area (Å²) >= 11 is 3.13. The zero-order chi connectivity index (χ0) is 11.5. The normalized spacial score (nSPS) is 12.7. The van der Waals surface area contributed by atoms with Crippen LogP contribution in [0.5, 0.6) is 5.75 Å². The first kappa shape index (κ1) is 11.7. The number of phenolic OH excluding ortho intramolecular Hbond substituents is 1. The van der Waals surface area contributed by atoms with Crippen molar-refractivity contribution >= 4 is 18.6 Å². The van der Waals surface area contributed by atoms with Crippen LogP contribution in [0, 0.1) is 0 Å². The Hall–Kier alpha value is -1.37. The predicted octanol–water partition coefficient (Wildman–Crippen LogP) is 2.52. The average Bonchev–Trinajstić information content (AvgIpc) is 2.14. The molecule has 0 bridgehead atoms. The molecule has 0 heterocycles. The standard InChI is InChI=1S/C8H6F3NO2S/c9-8(10,11)7(12-14-15)5-1-3-6(13)4-2-5/h1-4,13,15H/b12-7-. The van der Waals surface area contributed by atoms with Gasteiger partial charge in [0, 0.05) is 5.56 Å². The second kappa shape index (κ2) is 4.43. The molecule has 0 amide bonds. The molecule has 0 fully saturated rings. The summed E-state index contributed by atoms with van der Waals surface area (Å²) in [6.45, 7) is 0. The summed E-state index contributed by atoms with van der Waals surface area (Å²) in [4.78, 5) is 0. The Bertz CT molecular complexity index is 361. The van der Waals surface area contributed by atoms with Gasteiger partial charge < -0.3 is 9.39 Å². The maximum atomic E-state index is 12.4. The van der Waals surface area contributed by atoms with Gasteiger partial charge in [-0.1, -0.05) is 5.16 Å². The molecule has 0 aliphatic carbocycles. The van der Waals surface area contributed by atoms with E-state index in [1.54, 1.807) is 0 Å². The molecule has 0 aliphatic heterocycles. The van der Waals surface area contributed by atoms with Gasteiger partial charge in [-0.2, -0.15) is 13.2 Å². The Morgan fingerprint density at radius 1 is 1.27 bits per heavy atom. The van der Waals surface area contributed by atoms with Crippen molar-refractivity contribution in [2.75, 3.05) is 0 Å². The van der Waals surface area contributed by atoms with Crippen LogP contribution in [0.3, 0.4) is 0 Å². The summed E-state index contributed by atoms with van der Waals surface area (Å²) in [5.74, 6) is -0.132. The van der Waals surface area contributed by atoms with Gasteiger partial charge in [-0.25, -0.2) is 0 Å². The van der Waals surface area contributed by atoms with Crippen LogP contribution in [-0.2, 0) is 4.28 Å². The molecule has 0 aromatic heterocycles. The minimum absolute atomic E-state index is 0.132. The first-order chi connectivity index (χ1) is 6.95. The molecule has 1 rings (SSSR count). The van der Waals surface area contributed by atoms with E-state index in [0.29, 0.717) is 0 Å². The molecule has 1 N–H and O–H groups in total. The Labute approximate surface area is 88.8 Å². The van der Waals surface area contributed by atoms with Crippen LogP contribution < -0.4 is 0 Å². The molecule has 1 aromatic rings. The lowest BCUT2D eigenvalue weighted by Gasteiger charge is -2.08. The highest BCUT2D eigenvalue weighted by atomic mass is 32.1. The summed E-state index contributed by atoms with van der Waals surface area (Å²) in [6, 6.07) is 4.40. The third kappa shape index (κ3) is 3.05. The number of nitrogens with zero attached hydrogens (tertiary/aromatic N) is 1. The number of hydrogen-bond donors (Lipinski definition) is 2. The molecule has 0 saturated heterocycles. The van der Waals surface area contributed by atoms with Crippen molar-refractivity contribution in [3.05, 3.63) is 29.8 Å². The Balaban J connectivity index is 3.11. The molecule has 0 aliphatic rings. The molecular weight excluding hydrogens is 231 g/mol. The number of benzene rings is 1. The van der Waals surface area contributed by atoms with Gasteiger partial charge in [-0.15, -0.1) is 0 Å². The van der Waals surface area contributed by atoms with Crippen LogP contribution in [-0.4, -0.2) is 17.0 Å². The van der Waals surface area contributed by atoms with Gasteiger partial charge in [0.25, 0.3) is 0 Å². The van der Waals surface area contributed by atoms with E-state index < -0.39 is 11.9 Å². The zero-order valence-corrected chi connectivity index (χ0v) is 8.09. The highest BCUT2D eigenvalue weighted by molar-refractivity contribution is 7.75. The predicted molar refractivity (Wildman–Crippen MR) is 50.8 cm³/mol. The highest BCUT2D eigenvalue weighted by Gasteiger charge is 2.37. The number of hydrogen-bond acceptors (Lipinski definition) is 4. The van der Waals surface area contributed by atoms with Gasteiger partial charge in [-0.3, -0.25) is 0 Å². The van der Waals surface area contributed by atoms with Gasteiger partial charge >= 0.3 is 6.18 Å². The van der Waals surface area contributed by atoms with Crippen molar-refractivity contribution in [1.29, 1.82) is 0 Å². The third-order valence-corrected chi connectivity index (χ3v) is 1.62. The minimum atomic E-state index is -4.64. The van der Waals surface area contributed by atoms with Crippen LogP contribution in [0.2, 0.25) is 0 Å². The van der Waals surface area contributed by atoms with Crippen molar-refractivity contribution in [1.82, 2.24) is 0 Å². The fraction of sp³-hybridized carbons (Fsp3) is 0.125. The highest BCUT2D eigenvalue weighted by Crippen LogP contribution is 2.24. The van der Waals surface area contributed by atoms with E-state index in [2.05, 4.69) is 22.3 Å². The molecule has 0 radical (unpaired) electrons. The number of aromatic hydroxyl groups is 1. The van der Waals surface area contributed by atoms with Gasteiger partial charge in [0.2, 0.25) is 0 Å². The summed E-state index contributed by atoms with van der Waals surface area (Å²) in [7, 11) is 0. The van der Waals surface area contributed by atoms with Gasteiger partial charge in [0.15, 0.2) is 5.71 Å². The fourth-order valence-electron chi connectivity index (χ4n) is 0.928. The van der Waals surface area contributed by atoms with Crippen molar-refractivity contribution in [2.24, 2.45) is 5.16 Å². The number of alkyl halides is 3. The Morgan fingerprint density at radius 2 is 1.80 bits per heavy atom. The number of phenols is 1. The topological polar surface area (TPSA) is 41.8 Å². The van der Waals surface area contributed by atoms with Crippen molar-refractivity contribution < 1.29 is 22.6 Å². The largest absolute Gasteiger partial charge is 0.508 e. The molecular formula is C8H6F3NO2S. The molecule has 0 unspecified atom stereocenters. The van der Waals surface area contributed by atoms with Crippen LogP contribution in [0.15, 0.2) is 29.4 Å². The number of halogens is 3. The van der Waals surface area contributed by atoms with Crippen molar-refractivity contribution in [3.63, 3.8) is 0 Å². The maximum Gasteiger partial charge on any atom is 0.437 e. The summed E-state index contributed by atoms with van der Waals surface area (Å²) in [5.41, 5.74) is -1.42. The van der Waals surface area contributed by atoms with Gasteiger partial charge in [0.1, 0.15) is 5.75 Å². The fourth-order valence-corrected chi connectivity index (χ4v) is 1.01. The molecule has 3 nitrogen and oxygen atoms in total. The lowest BCUT2D eigenvalue weighted by Crippen LogP contribution is -2.24. The van der Waals surface area contributed by atoms with E-state index in [9.17, 15) is 13.2 Å². The quantitative estimate of drug-likeness (QED) is 0.359. The van der Waals surface area contributed by atoms with Crippen molar-refractivity contribution in [2.45, 2.75) is 6.18 Å². The number of oxime groups is 1. The van der Waals surface area contributed by atoms with E-state index in [-0.39, 0.29) is 11.3 Å². The molecule has 82 valence electrons. The molecule has 0 saturated carbocycles. The number of rotatable bonds is 2. The van der Waals surface area contributed by atoms with Crippen LogP contribution in [0.4, 0.5) is 13.2 Å². The number of thiol groups is 1. The Morgan fingerprint density at radius 3 is 2.20 bits per heavy atom. The Kier molecular flexibility index (Phi) is 3.46. The first-order valence-electron chi connectivity index (χ1n) is 3.70. The molecule has 0 atom stereocenters. The smallest absolute Gasteiger partial charge is 0.437 e. The summed E-state index contributed by atoms with van der Waals surface area (Å²) in [6.07, 6.45) is -4.64. The SMILES string of the molecule is Oc1ccc(/C(=N/OS)C(F)(F)F)cc1. The second-order valence-electron chi connectivity index (χ2n) is 2.57. The average molecular weight is 237 g/mol. The van der Waals surface area contributed by atoms with Crippen LogP contribution >= 0.6 is 12.9 Å². The lowest BCUT2D eigenvalue weighted by atomic mass is 10.1.